The predicted molar refractivity (Wildman–Crippen MR) is 99.0 cm³/mol. The molecule has 0 aliphatic heterocycles. The summed E-state index contributed by atoms with van der Waals surface area (Å²) in [5, 5.41) is 3.43. The number of hydrogen-bond acceptors (Lipinski definition) is 6. The van der Waals surface area contributed by atoms with Gasteiger partial charge in [-0.25, -0.2) is 17.9 Å². The largest absolute Gasteiger partial charge is 0.496 e. The van der Waals surface area contributed by atoms with E-state index in [9.17, 15) is 13.2 Å². The first-order valence-corrected chi connectivity index (χ1v) is 10.5. The lowest BCUT2D eigenvalue weighted by atomic mass is 10.1. The van der Waals surface area contributed by atoms with Gasteiger partial charge in [0.2, 0.25) is 10.0 Å². The molecule has 2 N–H and O–H groups in total. The van der Waals surface area contributed by atoms with Gasteiger partial charge in [-0.3, -0.25) is 0 Å². The Bertz CT molecular complexity index is 698. The quantitative estimate of drug-likeness (QED) is 0.405. The molecular formula is C18H28N2O5S. The van der Waals surface area contributed by atoms with Crippen molar-refractivity contribution in [3.63, 3.8) is 0 Å². The number of carbonyl (C=O) groups is 1. The van der Waals surface area contributed by atoms with E-state index in [0.717, 1.165) is 12.8 Å². The molecule has 1 saturated carbocycles. The molecular weight excluding hydrogens is 356 g/mol. The summed E-state index contributed by atoms with van der Waals surface area (Å²) in [5.74, 6) is -0.414. The van der Waals surface area contributed by atoms with Crippen molar-refractivity contribution < 1.29 is 22.7 Å². The first kappa shape index (κ1) is 20.7. The second-order valence-corrected chi connectivity index (χ2v) is 8.16. The minimum atomic E-state index is -3.67. The van der Waals surface area contributed by atoms with Gasteiger partial charge in [0, 0.05) is 25.2 Å². The van der Waals surface area contributed by atoms with E-state index in [1.54, 1.807) is 0 Å². The number of esters is 1. The zero-order chi connectivity index (χ0) is 19.0. The van der Waals surface area contributed by atoms with Crippen molar-refractivity contribution in [2.75, 3.05) is 27.3 Å². The lowest BCUT2D eigenvalue weighted by Crippen LogP contribution is -2.36. The SMILES string of the molecule is COC(=O)c1ccc(S(=O)(=O)NCCNC2CCCCCC2)cc1OC. The smallest absolute Gasteiger partial charge is 0.341 e. The molecule has 0 spiro atoms. The Kier molecular flexibility index (Phi) is 7.86. The van der Waals surface area contributed by atoms with E-state index >= 15 is 0 Å². The molecule has 0 bridgehead atoms. The van der Waals surface area contributed by atoms with Crippen LogP contribution < -0.4 is 14.8 Å². The first-order chi connectivity index (χ1) is 12.5. The van der Waals surface area contributed by atoms with Gasteiger partial charge < -0.3 is 14.8 Å². The Morgan fingerprint density at radius 2 is 1.81 bits per heavy atom. The van der Waals surface area contributed by atoms with Crippen molar-refractivity contribution in [2.24, 2.45) is 0 Å². The van der Waals surface area contributed by atoms with E-state index in [0.29, 0.717) is 19.1 Å². The molecule has 1 aliphatic rings. The van der Waals surface area contributed by atoms with E-state index in [4.69, 9.17) is 4.74 Å². The zero-order valence-corrected chi connectivity index (χ0v) is 16.2. The third kappa shape index (κ3) is 5.69. The van der Waals surface area contributed by atoms with Crippen molar-refractivity contribution in [3.8, 4) is 5.75 Å². The van der Waals surface area contributed by atoms with Gasteiger partial charge in [0.15, 0.2) is 0 Å². The molecule has 1 aliphatic carbocycles. The average molecular weight is 384 g/mol. The molecule has 0 saturated heterocycles. The van der Waals surface area contributed by atoms with E-state index in [2.05, 4.69) is 14.8 Å². The molecule has 0 amide bonds. The molecule has 1 aromatic carbocycles. The Labute approximate surface area is 155 Å². The lowest BCUT2D eigenvalue weighted by molar-refractivity contribution is 0.0597. The molecule has 26 heavy (non-hydrogen) atoms. The maximum Gasteiger partial charge on any atom is 0.341 e. The van der Waals surface area contributed by atoms with Gasteiger partial charge in [-0.05, 0) is 25.0 Å². The standard InChI is InChI=1S/C18H28N2O5S/c1-24-17-13-15(9-10-16(17)18(21)25-2)26(22,23)20-12-11-19-14-7-5-3-4-6-8-14/h9-10,13-14,19-20H,3-8,11-12H2,1-2H3. The Balaban J connectivity index is 1.93. The third-order valence-electron chi connectivity index (χ3n) is 4.59. The molecule has 0 heterocycles. The topological polar surface area (TPSA) is 93.7 Å². The van der Waals surface area contributed by atoms with Crippen molar-refractivity contribution >= 4 is 16.0 Å². The molecule has 2 rings (SSSR count). The maximum absolute atomic E-state index is 12.4. The van der Waals surface area contributed by atoms with Crippen molar-refractivity contribution in [2.45, 2.75) is 49.5 Å². The molecule has 0 unspecified atom stereocenters. The molecule has 0 atom stereocenters. The summed E-state index contributed by atoms with van der Waals surface area (Å²) in [6.45, 7) is 0.890. The summed E-state index contributed by atoms with van der Waals surface area (Å²) >= 11 is 0. The summed E-state index contributed by atoms with van der Waals surface area (Å²) < 4.78 is 37.2. The normalized spacial score (nSPS) is 16.1. The van der Waals surface area contributed by atoms with Crippen LogP contribution in [0.3, 0.4) is 0 Å². The summed E-state index contributed by atoms with van der Waals surface area (Å²) in [6, 6.07) is 4.56. The highest BCUT2D eigenvalue weighted by molar-refractivity contribution is 7.89. The van der Waals surface area contributed by atoms with Crippen LogP contribution >= 0.6 is 0 Å². The number of rotatable bonds is 8. The summed E-state index contributed by atoms with van der Waals surface area (Å²) in [5.41, 5.74) is 0.184. The van der Waals surface area contributed by atoms with Gasteiger partial charge >= 0.3 is 5.97 Å². The number of sulfonamides is 1. The van der Waals surface area contributed by atoms with Gasteiger partial charge in [0.1, 0.15) is 11.3 Å². The molecule has 8 heteroatoms. The molecule has 1 aromatic rings. The van der Waals surface area contributed by atoms with Crippen LogP contribution in [-0.2, 0) is 14.8 Å². The monoisotopic (exact) mass is 384 g/mol. The van der Waals surface area contributed by atoms with E-state index < -0.39 is 16.0 Å². The third-order valence-corrected chi connectivity index (χ3v) is 6.05. The van der Waals surface area contributed by atoms with Crippen LogP contribution in [0.4, 0.5) is 0 Å². The van der Waals surface area contributed by atoms with Gasteiger partial charge in [0.25, 0.3) is 0 Å². The van der Waals surface area contributed by atoms with E-state index in [1.165, 1.54) is 58.1 Å². The lowest BCUT2D eigenvalue weighted by Gasteiger charge is -2.16. The van der Waals surface area contributed by atoms with Crippen molar-refractivity contribution in [1.82, 2.24) is 10.0 Å². The van der Waals surface area contributed by atoms with Gasteiger partial charge in [-0.2, -0.15) is 0 Å². The van der Waals surface area contributed by atoms with Gasteiger partial charge in [-0.1, -0.05) is 25.7 Å². The maximum atomic E-state index is 12.4. The molecule has 0 radical (unpaired) electrons. The van der Waals surface area contributed by atoms with E-state index in [1.807, 2.05) is 0 Å². The fourth-order valence-electron chi connectivity index (χ4n) is 3.15. The fourth-order valence-corrected chi connectivity index (χ4v) is 4.19. The minimum absolute atomic E-state index is 0.0523. The summed E-state index contributed by atoms with van der Waals surface area (Å²) in [6.07, 6.45) is 7.34. The Morgan fingerprint density at radius 3 is 2.42 bits per heavy atom. The highest BCUT2D eigenvalue weighted by Gasteiger charge is 2.19. The van der Waals surface area contributed by atoms with Gasteiger partial charge in [-0.15, -0.1) is 0 Å². The molecule has 146 valence electrons. The predicted octanol–water partition coefficient (Wildman–Crippen LogP) is 2.07. The van der Waals surface area contributed by atoms with Crippen LogP contribution in [0.5, 0.6) is 5.75 Å². The highest BCUT2D eigenvalue weighted by Crippen LogP contribution is 2.23. The fraction of sp³-hybridized carbons (Fsp3) is 0.611. The minimum Gasteiger partial charge on any atom is -0.496 e. The van der Waals surface area contributed by atoms with Crippen LogP contribution in [0.25, 0.3) is 0 Å². The Morgan fingerprint density at radius 1 is 1.12 bits per heavy atom. The summed E-state index contributed by atoms with van der Waals surface area (Å²) in [4.78, 5) is 11.7. The number of ether oxygens (including phenoxy) is 2. The van der Waals surface area contributed by atoms with Gasteiger partial charge in [0.05, 0.1) is 19.1 Å². The Hall–Kier alpha value is -1.64. The van der Waals surface area contributed by atoms with Crippen LogP contribution in [0.2, 0.25) is 0 Å². The molecule has 0 aromatic heterocycles. The second-order valence-electron chi connectivity index (χ2n) is 6.39. The second kappa shape index (κ2) is 9.89. The molecule has 1 fully saturated rings. The molecule has 7 nitrogen and oxygen atoms in total. The van der Waals surface area contributed by atoms with Crippen LogP contribution in [-0.4, -0.2) is 47.7 Å². The van der Waals surface area contributed by atoms with Crippen LogP contribution in [0, 0.1) is 0 Å². The van der Waals surface area contributed by atoms with Crippen LogP contribution in [0.1, 0.15) is 48.9 Å². The first-order valence-electron chi connectivity index (χ1n) is 8.97. The highest BCUT2D eigenvalue weighted by atomic mass is 32.2. The summed E-state index contributed by atoms with van der Waals surface area (Å²) in [7, 11) is -1.04. The van der Waals surface area contributed by atoms with Crippen LogP contribution in [0.15, 0.2) is 23.1 Å². The number of nitrogens with one attached hydrogen (secondary N) is 2. The number of benzene rings is 1. The van der Waals surface area contributed by atoms with Crippen molar-refractivity contribution in [3.05, 3.63) is 23.8 Å². The van der Waals surface area contributed by atoms with E-state index in [-0.39, 0.29) is 16.2 Å². The number of carbonyl (C=O) groups excluding carboxylic acids is 1. The zero-order valence-electron chi connectivity index (χ0n) is 15.4. The number of hydrogen-bond donors (Lipinski definition) is 2. The average Bonchev–Trinajstić information content (AvgIpc) is 2.93. The van der Waals surface area contributed by atoms with Crippen molar-refractivity contribution in [1.29, 1.82) is 0 Å². The number of methoxy groups -OCH3 is 2.